The van der Waals surface area contributed by atoms with Gasteiger partial charge in [-0.2, -0.15) is 0 Å². The lowest BCUT2D eigenvalue weighted by molar-refractivity contribution is -0.153. The minimum absolute atomic E-state index is 0.185. The van der Waals surface area contributed by atoms with E-state index >= 15 is 0 Å². The molecule has 0 radical (unpaired) electrons. The normalized spacial score (nSPS) is 11.6. The fourth-order valence-electron chi connectivity index (χ4n) is 4.05. The summed E-state index contributed by atoms with van der Waals surface area (Å²) in [5.41, 5.74) is 3.79. The van der Waals surface area contributed by atoms with Gasteiger partial charge in [-0.05, 0) is 67.8 Å². The third kappa shape index (κ3) is 7.49. The molecule has 0 aromatic heterocycles. The number of hydrogen-bond acceptors (Lipinski definition) is 6. The number of carbonyl (C=O) groups excluding carboxylic acids is 1. The summed E-state index contributed by atoms with van der Waals surface area (Å²) in [5, 5.41) is 12.5. The van der Waals surface area contributed by atoms with Crippen molar-refractivity contribution in [3.8, 4) is 28.4 Å². The van der Waals surface area contributed by atoms with Crippen molar-refractivity contribution in [2.24, 2.45) is 0 Å². The number of carboxylic acid groups (broad SMARTS) is 1. The molecular weight excluding hydrogens is 486 g/mol. The van der Waals surface area contributed by atoms with Crippen molar-refractivity contribution in [1.82, 2.24) is 5.32 Å². The van der Waals surface area contributed by atoms with Crippen LogP contribution in [-0.4, -0.2) is 50.0 Å². The highest BCUT2D eigenvalue weighted by Crippen LogP contribution is 2.29. The summed E-state index contributed by atoms with van der Waals surface area (Å²) < 4.78 is 22.0. The molecule has 0 fully saturated rings. The molecule has 1 unspecified atom stereocenters. The van der Waals surface area contributed by atoms with Gasteiger partial charge in [-0.15, -0.1) is 0 Å². The first-order valence-electron chi connectivity index (χ1n) is 12.5. The van der Waals surface area contributed by atoms with Gasteiger partial charge in [0.15, 0.2) is 6.10 Å². The molecule has 38 heavy (non-hydrogen) atoms. The minimum Gasteiger partial charge on any atom is -0.497 e. The van der Waals surface area contributed by atoms with Gasteiger partial charge < -0.3 is 29.4 Å². The monoisotopic (exact) mass is 521 g/mol. The molecule has 202 valence electrons. The maximum atomic E-state index is 13.2. The summed E-state index contributed by atoms with van der Waals surface area (Å²) in [7, 11) is 3.17. The van der Waals surface area contributed by atoms with Crippen molar-refractivity contribution in [3.63, 3.8) is 0 Å². The van der Waals surface area contributed by atoms with Crippen molar-refractivity contribution in [2.45, 2.75) is 45.9 Å². The van der Waals surface area contributed by atoms with Crippen LogP contribution in [0, 0.1) is 0 Å². The van der Waals surface area contributed by atoms with Crippen molar-refractivity contribution in [3.05, 3.63) is 77.4 Å². The molecule has 2 N–H and O–H groups in total. The zero-order valence-corrected chi connectivity index (χ0v) is 22.4. The smallest absolute Gasteiger partial charge is 0.333 e. The lowest BCUT2D eigenvalue weighted by Crippen LogP contribution is -2.29. The fraction of sp³-hybridized carbons (Fsp3) is 0.333. The van der Waals surface area contributed by atoms with Gasteiger partial charge in [0, 0.05) is 18.5 Å². The summed E-state index contributed by atoms with van der Waals surface area (Å²) >= 11 is 0. The number of hydrogen-bond donors (Lipinski definition) is 2. The predicted molar refractivity (Wildman–Crippen MR) is 145 cm³/mol. The number of nitrogens with one attached hydrogen (secondary N) is 1. The molecule has 0 aliphatic carbocycles. The first-order valence-corrected chi connectivity index (χ1v) is 12.5. The van der Waals surface area contributed by atoms with Gasteiger partial charge in [0.2, 0.25) is 0 Å². The Morgan fingerprint density at radius 3 is 2.21 bits per heavy atom. The van der Waals surface area contributed by atoms with E-state index in [0.717, 1.165) is 28.0 Å². The molecule has 0 spiro atoms. The molecule has 0 saturated heterocycles. The van der Waals surface area contributed by atoms with Gasteiger partial charge in [0.1, 0.15) is 17.2 Å². The van der Waals surface area contributed by atoms with E-state index in [0.29, 0.717) is 23.7 Å². The molecule has 1 atom stereocenters. The Kier molecular flexibility index (Phi) is 10.1. The quantitative estimate of drug-likeness (QED) is 0.322. The van der Waals surface area contributed by atoms with Crippen molar-refractivity contribution < 1.29 is 33.6 Å². The molecule has 3 aromatic carbocycles. The summed E-state index contributed by atoms with van der Waals surface area (Å²) in [6.07, 6.45) is -0.993. The number of aliphatic carboxylic acids is 1. The summed E-state index contributed by atoms with van der Waals surface area (Å²) in [5.74, 6) is 0.514. The van der Waals surface area contributed by atoms with Crippen LogP contribution in [0.1, 0.15) is 42.3 Å². The van der Waals surface area contributed by atoms with E-state index in [-0.39, 0.29) is 25.0 Å². The van der Waals surface area contributed by atoms with E-state index in [1.807, 2.05) is 49.4 Å². The van der Waals surface area contributed by atoms with Crippen LogP contribution >= 0.6 is 0 Å². The molecular formula is C30H35NO7. The van der Waals surface area contributed by atoms with Crippen LogP contribution in [0.2, 0.25) is 0 Å². The highest BCUT2D eigenvalue weighted by atomic mass is 16.5. The lowest BCUT2D eigenvalue weighted by Gasteiger charge is -2.18. The van der Waals surface area contributed by atoms with Gasteiger partial charge in [-0.3, -0.25) is 4.79 Å². The van der Waals surface area contributed by atoms with Gasteiger partial charge in [0.25, 0.3) is 5.91 Å². The first-order chi connectivity index (χ1) is 18.2. The zero-order chi connectivity index (χ0) is 27.7. The minimum atomic E-state index is -1.02. The highest BCUT2D eigenvalue weighted by molar-refractivity contribution is 5.97. The summed E-state index contributed by atoms with van der Waals surface area (Å²) in [4.78, 5) is 24.8. The zero-order valence-electron chi connectivity index (χ0n) is 22.4. The second kappa shape index (κ2) is 13.5. The van der Waals surface area contributed by atoms with E-state index in [1.54, 1.807) is 46.3 Å². The lowest BCUT2D eigenvalue weighted by atomic mass is 10.0. The molecule has 0 saturated carbocycles. The molecule has 0 aliphatic heterocycles. The average molecular weight is 522 g/mol. The van der Waals surface area contributed by atoms with Gasteiger partial charge in [-0.25, -0.2) is 4.79 Å². The van der Waals surface area contributed by atoms with Crippen LogP contribution in [0.4, 0.5) is 0 Å². The summed E-state index contributed by atoms with van der Waals surface area (Å²) in [6, 6.07) is 18.5. The Hall–Kier alpha value is -4.04. The molecule has 0 aliphatic rings. The van der Waals surface area contributed by atoms with Crippen LogP contribution < -0.4 is 19.5 Å². The van der Waals surface area contributed by atoms with E-state index < -0.39 is 12.1 Å². The molecule has 3 aromatic rings. The third-order valence-electron chi connectivity index (χ3n) is 5.87. The van der Waals surface area contributed by atoms with E-state index in [2.05, 4.69) is 5.32 Å². The van der Waals surface area contributed by atoms with Gasteiger partial charge in [-0.1, -0.05) is 30.3 Å². The number of methoxy groups -OCH3 is 2. The van der Waals surface area contributed by atoms with Crippen molar-refractivity contribution >= 4 is 11.9 Å². The number of ether oxygens (including phenoxy) is 4. The summed E-state index contributed by atoms with van der Waals surface area (Å²) in [6.45, 7) is 6.05. The van der Waals surface area contributed by atoms with E-state index in [4.69, 9.17) is 18.9 Å². The van der Waals surface area contributed by atoms with E-state index in [9.17, 15) is 14.7 Å². The molecule has 0 bridgehead atoms. The fourth-order valence-corrected chi connectivity index (χ4v) is 4.05. The van der Waals surface area contributed by atoms with Crippen LogP contribution in [0.15, 0.2) is 60.7 Å². The largest absolute Gasteiger partial charge is 0.497 e. The second-order valence-electron chi connectivity index (χ2n) is 8.92. The van der Waals surface area contributed by atoms with E-state index in [1.165, 1.54) is 0 Å². The topological polar surface area (TPSA) is 103 Å². The Morgan fingerprint density at radius 1 is 0.895 bits per heavy atom. The number of carbonyl (C=O) groups is 2. The van der Waals surface area contributed by atoms with Crippen LogP contribution in [0.25, 0.3) is 11.1 Å². The Labute approximate surface area is 223 Å². The molecule has 1 amide bonds. The number of amides is 1. The number of rotatable bonds is 13. The third-order valence-corrected chi connectivity index (χ3v) is 5.87. The average Bonchev–Trinajstić information content (AvgIpc) is 2.91. The Morgan fingerprint density at radius 2 is 1.61 bits per heavy atom. The molecule has 8 nitrogen and oxygen atoms in total. The second-order valence-corrected chi connectivity index (χ2v) is 8.92. The maximum Gasteiger partial charge on any atom is 0.333 e. The van der Waals surface area contributed by atoms with Crippen molar-refractivity contribution in [1.29, 1.82) is 0 Å². The van der Waals surface area contributed by atoms with Gasteiger partial charge in [0.05, 0.1) is 32.5 Å². The van der Waals surface area contributed by atoms with Crippen molar-refractivity contribution in [2.75, 3.05) is 20.8 Å². The number of benzene rings is 3. The predicted octanol–water partition coefficient (Wildman–Crippen LogP) is 5.12. The first kappa shape index (κ1) is 28.5. The molecule has 8 heteroatoms. The maximum absolute atomic E-state index is 13.2. The highest BCUT2D eigenvalue weighted by Gasteiger charge is 2.21. The van der Waals surface area contributed by atoms with Gasteiger partial charge >= 0.3 is 5.97 Å². The molecule has 3 rings (SSSR count). The Bertz CT molecular complexity index is 1240. The van der Waals surface area contributed by atoms with Crippen LogP contribution in [0.5, 0.6) is 17.2 Å². The van der Waals surface area contributed by atoms with Crippen LogP contribution in [-0.2, 0) is 22.5 Å². The SMILES string of the molecule is CCOc1cc(-c2ccc(OC)cc2)ccc1C(=O)NCc1cc(CC(OC(C)C)C(=O)O)ccc1OC. The standard InChI is InChI=1S/C30H35NO7/c1-6-37-27-17-22(21-8-11-24(35-4)12-9-21)10-13-25(27)29(32)31-18-23-15-20(7-14-26(23)36-5)16-28(30(33)34)38-19(2)3/h7-15,17,19,28H,6,16,18H2,1-5H3,(H,31,32)(H,33,34). The number of carboxylic acids is 1. The Balaban J connectivity index is 1.79. The molecule has 0 heterocycles. The van der Waals surface area contributed by atoms with Crippen LogP contribution in [0.3, 0.4) is 0 Å².